The summed E-state index contributed by atoms with van der Waals surface area (Å²) in [5, 5.41) is 10.2. The molecule has 1 amide bonds. The molecular formula is C14H18F2N2O4S. The molecule has 1 aromatic carbocycles. The molecule has 0 aliphatic rings. The van der Waals surface area contributed by atoms with E-state index in [0.717, 1.165) is 12.1 Å². The predicted molar refractivity (Wildman–Crippen MR) is 83.3 cm³/mol. The van der Waals surface area contributed by atoms with E-state index >= 15 is 0 Å². The van der Waals surface area contributed by atoms with Crippen LogP contribution in [0.3, 0.4) is 0 Å². The molecule has 0 bridgehead atoms. The lowest BCUT2D eigenvalue weighted by Gasteiger charge is -2.25. The molecule has 4 N–H and O–H groups in total. The first-order valence-corrected chi connectivity index (χ1v) is 7.09. The monoisotopic (exact) mass is 348 g/mol. The van der Waals surface area contributed by atoms with Crippen molar-refractivity contribution in [2.75, 3.05) is 5.73 Å². The Labute approximate surface area is 137 Å². The first-order chi connectivity index (χ1) is 10.4. The number of thiol groups is 1. The average molecular weight is 348 g/mol. The van der Waals surface area contributed by atoms with Crippen molar-refractivity contribution in [2.24, 2.45) is 0 Å². The normalized spacial score (nSPS) is 14.0. The lowest BCUT2D eigenvalue weighted by molar-refractivity contribution is -0.139. The van der Waals surface area contributed by atoms with E-state index in [0.29, 0.717) is 0 Å². The number of nitrogen functional groups attached to an aromatic ring is 1. The third-order valence-corrected chi connectivity index (χ3v) is 3.27. The maximum Gasteiger partial charge on any atom is 0.408 e. The molecule has 0 aliphatic carbocycles. The molecule has 0 fully saturated rings. The van der Waals surface area contributed by atoms with Gasteiger partial charge in [-0.2, -0.15) is 12.6 Å². The van der Waals surface area contributed by atoms with E-state index in [1.807, 2.05) is 0 Å². The van der Waals surface area contributed by atoms with E-state index < -0.39 is 40.6 Å². The van der Waals surface area contributed by atoms with Gasteiger partial charge in [-0.15, -0.1) is 0 Å². The second kappa shape index (κ2) is 7.03. The van der Waals surface area contributed by atoms with Crippen molar-refractivity contribution in [2.45, 2.75) is 37.7 Å². The molecule has 9 heteroatoms. The molecule has 1 rings (SSSR count). The zero-order valence-electron chi connectivity index (χ0n) is 12.8. The number of carboxylic acids is 1. The molecule has 0 aliphatic heterocycles. The van der Waals surface area contributed by atoms with Gasteiger partial charge in [-0.25, -0.2) is 18.4 Å². The number of hydrogen-bond acceptors (Lipinski definition) is 5. The van der Waals surface area contributed by atoms with Gasteiger partial charge in [0, 0.05) is 11.8 Å². The smallest absolute Gasteiger partial charge is 0.408 e. The number of rotatable bonds is 4. The standard InChI is InChI=1S/C14H18F2N2O4S/c1-14(2,3)22-13(21)18-10(12(19)20)11(23)6-4-7(15)8(16)5-9(6)17/h4-5,10-11,23H,17H2,1-3H3,(H,18,21)(H,19,20)/t10-,11?/m1/s1. The van der Waals surface area contributed by atoms with Gasteiger partial charge in [0.15, 0.2) is 11.6 Å². The molecule has 23 heavy (non-hydrogen) atoms. The molecule has 1 unspecified atom stereocenters. The number of carboxylic acid groups (broad SMARTS) is 1. The van der Waals surface area contributed by atoms with Gasteiger partial charge in [0.1, 0.15) is 11.6 Å². The largest absolute Gasteiger partial charge is 0.480 e. The van der Waals surface area contributed by atoms with Crippen LogP contribution in [0.4, 0.5) is 19.3 Å². The minimum absolute atomic E-state index is 0.0595. The second-order valence-corrected chi connectivity index (χ2v) is 6.36. The summed E-state index contributed by atoms with van der Waals surface area (Å²) in [7, 11) is 0. The maximum absolute atomic E-state index is 13.3. The fourth-order valence-electron chi connectivity index (χ4n) is 1.72. The summed E-state index contributed by atoms with van der Waals surface area (Å²) < 4.78 is 31.4. The van der Waals surface area contributed by atoms with Crippen molar-refractivity contribution in [1.82, 2.24) is 5.32 Å². The molecule has 0 radical (unpaired) electrons. The van der Waals surface area contributed by atoms with Gasteiger partial charge in [-0.3, -0.25) is 0 Å². The molecule has 1 aromatic rings. The van der Waals surface area contributed by atoms with E-state index in [4.69, 9.17) is 10.5 Å². The minimum Gasteiger partial charge on any atom is -0.480 e. The van der Waals surface area contributed by atoms with Gasteiger partial charge in [-0.1, -0.05) is 0 Å². The number of nitrogens with two attached hydrogens (primary N) is 1. The number of carbonyl (C=O) groups is 2. The van der Waals surface area contributed by atoms with Crippen LogP contribution < -0.4 is 11.1 Å². The number of aliphatic carboxylic acids is 1. The number of halogens is 2. The number of ether oxygens (including phenoxy) is 1. The number of benzene rings is 1. The number of carbonyl (C=O) groups excluding carboxylic acids is 1. The van der Waals surface area contributed by atoms with Crippen LogP contribution in [0.25, 0.3) is 0 Å². The van der Waals surface area contributed by atoms with Gasteiger partial charge in [0.25, 0.3) is 0 Å². The Hall–Kier alpha value is -2.03. The Morgan fingerprint density at radius 3 is 2.30 bits per heavy atom. The quantitative estimate of drug-likeness (QED) is 0.495. The van der Waals surface area contributed by atoms with E-state index in [-0.39, 0.29) is 11.3 Å². The van der Waals surface area contributed by atoms with Gasteiger partial charge in [-0.05, 0) is 32.4 Å². The average Bonchev–Trinajstić information content (AvgIpc) is 2.37. The zero-order chi connectivity index (χ0) is 17.9. The molecule has 0 aromatic heterocycles. The molecule has 2 atom stereocenters. The summed E-state index contributed by atoms with van der Waals surface area (Å²) >= 11 is 4.07. The van der Waals surface area contributed by atoms with Crippen molar-refractivity contribution in [3.8, 4) is 0 Å². The minimum atomic E-state index is -1.56. The summed E-state index contributed by atoms with van der Waals surface area (Å²) in [6.45, 7) is 4.82. The van der Waals surface area contributed by atoms with E-state index in [1.165, 1.54) is 0 Å². The highest BCUT2D eigenvalue weighted by atomic mass is 32.1. The highest BCUT2D eigenvalue weighted by molar-refractivity contribution is 7.80. The molecular weight excluding hydrogens is 330 g/mol. The summed E-state index contributed by atoms with van der Waals surface area (Å²) in [5.74, 6) is -3.80. The van der Waals surface area contributed by atoms with Gasteiger partial charge >= 0.3 is 12.1 Å². The van der Waals surface area contributed by atoms with Gasteiger partial charge < -0.3 is 20.9 Å². The Morgan fingerprint density at radius 2 is 1.83 bits per heavy atom. The number of alkyl carbamates (subject to hydrolysis) is 1. The second-order valence-electron chi connectivity index (χ2n) is 5.80. The van der Waals surface area contributed by atoms with Crippen LogP contribution in [-0.2, 0) is 9.53 Å². The van der Waals surface area contributed by atoms with Crippen LogP contribution in [0.5, 0.6) is 0 Å². The zero-order valence-corrected chi connectivity index (χ0v) is 13.7. The van der Waals surface area contributed by atoms with Crippen molar-refractivity contribution in [1.29, 1.82) is 0 Å². The lowest BCUT2D eigenvalue weighted by atomic mass is 10.0. The summed E-state index contributed by atoms with van der Waals surface area (Å²) in [6, 6.07) is -0.0877. The van der Waals surface area contributed by atoms with Crippen LogP contribution in [0.1, 0.15) is 31.6 Å². The van der Waals surface area contributed by atoms with Crippen LogP contribution in [0, 0.1) is 11.6 Å². The van der Waals surface area contributed by atoms with Crippen LogP contribution in [0.15, 0.2) is 12.1 Å². The Kier molecular flexibility index (Phi) is 5.81. The van der Waals surface area contributed by atoms with E-state index in [1.54, 1.807) is 20.8 Å². The Morgan fingerprint density at radius 1 is 1.30 bits per heavy atom. The van der Waals surface area contributed by atoms with Crippen molar-refractivity contribution in [3.05, 3.63) is 29.3 Å². The number of amides is 1. The van der Waals surface area contributed by atoms with Crippen LogP contribution in [-0.4, -0.2) is 28.8 Å². The molecule has 0 heterocycles. The summed E-state index contributed by atoms with van der Waals surface area (Å²) in [4.78, 5) is 23.1. The molecule has 0 spiro atoms. The summed E-state index contributed by atoms with van der Waals surface area (Å²) in [5.41, 5.74) is 4.50. The van der Waals surface area contributed by atoms with Crippen molar-refractivity contribution in [3.63, 3.8) is 0 Å². The molecule has 0 saturated heterocycles. The fourth-order valence-corrected chi connectivity index (χ4v) is 2.15. The van der Waals surface area contributed by atoms with Gasteiger partial charge in [0.05, 0.1) is 5.25 Å². The third-order valence-electron chi connectivity index (χ3n) is 2.70. The number of nitrogens with one attached hydrogen (secondary N) is 1. The third kappa shape index (κ3) is 5.27. The molecule has 6 nitrogen and oxygen atoms in total. The lowest BCUT2D eigenvalue weighted by Crippen LogP contribution is -2.45. The van der Waals surface area contributed by atoms with Gasteiger partial charge in [0.2, 0.25) is 0 Å². The van der Waals surface area contributed by atoms with Crippen molar-refractivity contribution < 1.29 is 28.2 Å². The van der Waals surface area contributed by atoms with Crippen LogP contribution in [0.2, 0.25) is 0 Å². The summed E-state index contributed by atoms with van der Waals surface area (Å²) in [6.07, 6.45) is -0.981. The Bertz CT molecular complexity index is 620. The van der Waals surface area contributed by atoms with Crippen LogP contribution >= 0.6 is 12.6 Å². The number of hydrogen-bond donors (Lipinski definition) is 4. The topological polar surface area (TPSA) is 102 Å². The fraction of sp³-hybridized carbons (Fsp3) is 0.429. The first kappa shape index (κ1) is 19.0. The SMILES string of the molecule is CC(C)(C)OC(=O)N[C@@H](C(=O)O)C(S)c1cc(F)c(F)cc1N. The number of anilines is 1. The highest BCUT2D eigenvalue weighted by Gasteiger charge is 2.32. The first-order valence-electron chi connectivity index (χ1n) is 6.57. The van der Waals surface area contributed by atoms with Crippen molar-refractivity contribution >= 4 is 30.4 Å². The predicted octanol–water partition coefficient (Wildman–Crippen LogP) is 2.50. The highest BCUT2D eigenvalue weighted by Crippen LogP contribution is 2.31. The molecule has 128 valence electrons. The molecule has 0 saturated carbocycles. The maximum atomic E-state index is 13.3. The Balaban J connectivity index is 3.04. The van der Waals surface area contributed by atoms with E-state index in [2.05, 4.69) is 17.9 Å². The van der Waals surface area contributed by atoms with E-state index in [9.17, 15) is 23.5 Å².